The number of fused-ring (bicyclic) bond motifs is 1. The highest BCUT2D eigenvalue weighted by Gasteiger charge is 2.16. The smallest absolute Gasteiger partial charge is 0.259 e. The van der Waals surface area contributed by atoms with E-state index in [1.54, 1.807) is 36.9 Å². The lowest BCUT2D eigenvalue weighted by Gasteiger charge is -2.04. The van der Waals surface area contributed by atoms with Gasteiger partial charge in [-0.3, -0.25) is 9.48 Å². The molecule has 120 valence electrons. The molecule has 0 fully saturated rings. The maximum atomic E-state index is 12.4. The molecule has 0 aliphatic carbocycles. The fourth-order valence-corrected chi connectivity index (χ4v) is 2.29. The predicted octanol–water partition coefficient (Wildman–Crippen LogP) is 1.99. The van der Waals surface area contributed by atoms with Crippen LogP contribution in [-0.2, 0) is 13.6 Å². The Bertz CT molecular complexity index is 869. The molecule has 1 aromatic carbocycles. The number of anilines is 1. The van der Waals surface area contributed by atoms with Gasteiger partial charge in [0, 0.05) is 18.9 Å². The summed E-state index contributed by atoms with van der Waals surface area (Å²) in [5.41, 5.74) is 2.68. The molecule has 3 aromatic rings. The highest BCUT2D eigenvalue weighted by Crippen LogP contribution is 2.18. The van der Waals surface area contributed by atoms with Crippen molar-refractivity contribution in [2.75, 3.05) is 5.32 Å². The maximum Gasteiger partial charge on any atom is 0.259 e. The van der Waals surface area contributed by atoms with Crippen molar-refractivity contribution in [1.82, 2.24) is 24.8 Å². The summed E-state index contributed by atoms with van der Waals surface area (Å²) in [6.07, 6.45) is -1.21. The van der Waals surface area contributed by atoms with Crippen LogP contribution in [0, 0.1) is 6.92 Å². The zero-order valence-corrected chi connectivity index (χ0v) is 12.5. The Kier molecular flexibility index (Phi) is 3.77. The van der Waals surface area contributed by atoms with Gasteiger partial charge in [0.1, 0.15) is 12.1 Å². The van der Waals surface area contributed by atoms with E-state index in [0.717, 1.165) is 10.2 Å². The summed E-state index contributed by atoms with van der Waals surface area (Å²) in [7, 11) is 1.77. The number of halogens is 2. The molecule has 3 rings (SSSR count). The van der Waals surface area contributed by atoms with Gasteiger partial charge in [0.2, 0.25) is 0 Å². The van der Waals surface area contributed by atoms with Gasteiger partial charge < -0.3 is 5.32 Å². The van der Waals surface area contributed by atoms with Crippen molar-refractivity contribution in [1.29, 1.82) is 0 Å². The summed E-state index contributed by atoms with van der Waals surface area (Å²) in [6.45, 7) is 1.06. The third-order valence-corrected chi connectivity index (χ3v) is 3.38. The zero-order valence-electron chi connectivity index (χ0n) is 12.5. The predicted molar refractivity (Wildman–Crippen MR) is 79.4 cm³/mol. The number of hydrogen-bond acceptors (Lipinski definition) is 4. The topological polar surface area (TPSA) is 77.6 Å². The Morgan fingerprint density at radius 2 is 2.17 bits per heavy atom. The molecule has 0 aliphatic rings. The Balaban J connectivity index is 1.81. The highest BCUT2D eigenvalue weighted by molar-refractivity contribution is 6.05. The largest absolute Gasteiger partial charge is 0.322 e. The average molecular weight is 320 g/mol. The molecule has 7 nitrogen and oxygen atoms in total. The summed E-state index contributed by atoms with van der Waals surface area (Å²) >= 11 is 0. The molecular weight excluding hydrogens is 306 g/mol. The number of benzene rings is 1. The number of nitrogens with one attached hydrogen (secondary N) is 1. The normalized spacial score (nSPS) is 11.3. The fraction of sp³-hybridized carbons (Fsp3) is 0.286. The van der Waals surface area contributed by atoms with E-state index >= 15 is 0 Å². The van der Waals surface area contributed by atoms with E-state index in [4.69, 9.17) is 0 Å². The number of carbonyl (C=O) groups is 1. The van der Waals surface area contributed by atoms with Gasteiger partial charge in [-0.25, -0.2) is 13.5 Å². The Morgan fingerprint density at radius 3 is 2.91 bits per heavy atom. The minimum absolute atomic E-state index is 0.255. The van der Waals surface area contributed by atoms with Gasteiger partial charge in [-0.1, -0.05) is 5.21 Å². The van der Waals surface area contributed by atoms with Gasteiger partial charge in [0.15, 0.2) is 0 Å². The van der Waals surface area contributed by atoms with E-state index in [2.05, 4.69) is 20.7 Å². The van der Waals surface area contributed by atoms with Gasteiger partial charge in [-0.15, -0.1) is 5.10 Å². The monoisotopic (exact) mass is 320 g/mol. The van der Waals surface area contributed by atoms with Crippen LogP contribution in [0.1, 0.15) is 16.1 Å². The first kappa shape index (κ1) is 15.1. The molecule has 1 N–H and O–H groups in total. The first-order valence-corrected chi connectivity index (χ1v) is 6.87. The minimum atomic E-state index is -2.52. The molecule has 0 saturated heterocycles. The van der Waals surface area contributed by atoms with Crippen LogP contribution in [0.3, 0.4) is 0 Å². The number of aromatic nitrogens is 5. The zero-order chi connectivity index (χ0) is 16.6. The van der Waals surface area contributed by atoms with Gasteiger partial charge in [0.05, 0.1) is 16.8 Å². The second-order valence-electron chi connectivity index (χ2n) is 5.11. The summed E-state index contributed by atoms with van der Waals surface area (Å²) in [5.74, 6) is -0.411. The molecule has 0 bridgehead atoms. The molecule has 2 heterocycles. The van der Waals surface area contributed by atoms with E-state index in [1.807, 2.05) is 0 Å². The average Bonchev–Trinajstić information content (AvgIpc) is 3.02. The van der Waals surface area contributed by atoms with Crippen LogP contribution < -0.4 is 5.32 Å². The third kappa shape index (κ3) is 3.03. The minimum Gasteiger partial charge on any atom is -0.322 e. The standard InChI is InChI=1S/C14H14F2N6O/c1-8-10(6-22(19-8)7-13(15)16)14(23)17-9-3-4-12-11(5-9)18-20-21(12)2/h3-6,13H,7H2,1-2H3,(H,17,23). The highest BCUT2D eigenvalue weighted by atomic mass is 19.3. The van der Waals surface area contributed by atoms with Crippen LogP contribution in [0.25, 0.3) is 11.0 Å². The van der Waals surface area contributed by atoms with Crippen molar-refractivity contribution < 1.29 is 13.6 Å². The second-order valence-corrected chi connectivity index (χ2v) is 5.11. The Labute approximate surface area is 129 Å². The van der Waals surface area contributed by atoms with Gasteiger partial charge in [0.25, 0.3) is 12.3 Å². The van der Waals surface area contributed by atoms with Crippen molar-refractivity contribution in [2.45, 2.75) is 19.9 Å². The molecular formula is C14H14F2N6O. The van der Waals surface area contributed by atoms with Gasteiger partial charge in [-0.2, -0.15) is 5.10 Å². The van der Waals surface area contributed by atoms with Crippen LogP contribution >= 0.6 is 0 Å². The third-order valence-electron chi connectivity index (χ3n) is 3.38. The van der Waals surface area contributed by atoms with E-state index in [0.29, 0.717) is 16.9 Å². The number of carbonyl (C=O) groups excluding carboxylic acids is 1. The Hall–Kier alpha value is -2.84. The molecule has 2 aromatic heterocycles. The first-order chi connectivity index (χ1) is 10.9. The van der Waals surface area contributed by atoms with E-state index in [9.17, 15) is 13.6 Å². The van der Waals surface area contributed by atoms with E-state index < -0.39 is 18.9 Å². The van der Waals surface area contributed by atoms with Crippen molar-refractivity contribution >= 4 is 22.6 Å². The number of rotatable bonds is 4. The van der Waals surface area contributed by atoms with Crippen LogP contribution in [0.2, 0.25) is 0 Å². The van der Waals surface area contributed by atoms with Gasteiger partial charge in [-0.05, 0) is 25.1 Å². The summed E-state index contributed by atoms with van der Waals surface area (Å²) in [6, 6.07) is 5.21. The maximum absolute atomic E-state index is 12.4. The molecule has 0 saturated carbocycles. The molecule has 1 amide bonds. The summed E-state index contributed by atoms with van der Waals surface area (Å²) in [5, 5.41) is 14.5. The van der Waals surface area contributed by atoms with Crippen molar-refractivity contribution in [3.63, 3.8) is 0 Å². The number of hydrogen-bond donors (Lipinski definition) is 1. The van der Waals surface area contributed by atoms with Crippen LogP contribution in [-0.4, -0.2) is 37.1 Å². The number of aryl methyl sites for hydroxylation is 2. The second kappa shape index (κ2) is 5.75. The van der Waals surface area contributed by atoms with E-state index in [1.165, 1.54) is 6.20 Å². The van der Waals surface area contributed by atoms with Crippen LogP contribution in [0.4, 0.5) is 14.5 Å². The van der Waals surface area contributed by atoms with Crippen molar-refractivity contribution in [3.8, 4) is 0 Å². The van der Waals surface area contributed by atoms with Crippen LogP contribution in [0.5, 0.6) is 0 Å². The fourth-order valence-electron chi connectivity index (χ4n) is 2.29. The SMILES string of the molecule is Cc1nn(CC(F)F)cc1C(=O)Nc1ccc2c(c1)nnn2C. The Morgan fingerprint density at radius 1 is 1.39 bits per heavy atom. The number of nitrogens with zero attached hydrogens (tertiary/aromatic N) is 5. The molecule has 0 aliphatic heterocycles. The lowest BCUT2D eigenvalue weighted by molar-refractivity contribution is 0.102. The van der Waals surface area contributed by atoms with Crippen LogP contribution in [0.15, 0.2) is 24.4 Å². The lowest BCUT2D eigenvalue weighted by Crippen LogP contribution is -2.12. The lowest BCUT2D eigenvalue weighted by atomic mass is 10.2. The first-order valence-electron chi connectivity index (χ1n) is 6.87. The quantitative estimate of drug-likeness (QED) is 0.797. The molecule has 23 heavy (non-hydrogen) atoms. The molecule has 0 atom stereocenters. The number of alkyl halides is 2. The molecule has 0 radical (unpaired) electrons. The van der Waals surface area contributed by atoms with Crippen molar-refractivity contribution in [3.05, 3.63) is 35.7 Å². The summed E-state index contributed by atoms with van der Waals surface area (Å²) < 4.78 is 27.5. The summed E-state index contributed by atoms with van der Waals surface area (Å²) in [4.78, 5) is 12.3. The van der Waals surface area contributed by atoms with Gasteiger partial charge >= 0.3 is 0 Å². The van der Waals surface area contributed by atoms with E-state index in [-0.39, 0.29) is 5.56 Å². The molecule has 0 unspecified atom stereocenters. The number of amides is 1. The molecule has 0 spiro atoms. The molecule has 9 heteroatoms. The van der Waals surface area contributed by atoms with Crippen molar-refractivity contribution in [2.24, 2.45) is 7.05 Å².